The van der Waals surface area contributed by atoms with Gasteiger partial charge < -0.3 is 5.73 Å². The van der Waals surface area contributed by atoms with Gasteiger partial charge in [0.05, 0.1) is 5.75 Å². The summed E-state index contributed by atoms with van der Waals surface area (Å²) in [7, 11) is 0. The van der Waals surface area contributed by atoms with E-state index in [0.717, 1.165) is 5.75 Å². The van der Waals surface area contributed by atoms with E-state index in [2.05, 4.69) is 6.07 Å². The smallest absolute Gasteiger partial charge is 0.227 e. The first kappa shape index (κ1) is 8.62. The van der Waals surface area contributed by atoms with Crippen LogP contribution in [0, 0.1) is 0 Å². The minimum absolute atomic E-state index is 0.244. The molecule has 1 rings (SSSR count). The van der Waals surface area contributed by atoms with Crippen LogP contribution in [0.2, 0.25) is 0 Å². The van der Waals surface area contributed by atoms with Crippen LogP contribution in [0.3, 0.4) is 0 Å². The van der Waals surface area contributed by atoms with E-state index in [4.69, 9.17) is 5.73 Å². The van der Waals surface area contributed by atoms with Crippen molar-refractivity contribution < 1.29 is 4.79 Å². The van der Waals surface area contributed by atoms with Gasteiger partial charge in [0.25, 0.3) is 0 Å². The highest BCUT2D eigenvalue weighted by atomic mass is 32.2. The lowest BCUT2D eigenvalue weighted by molar-refractivity contribution is -0.115. The topological polar surface area (TPSA) is 43.1 Å². The third-order valence-electron chi connectivity index (χ3n) is 1.07. The van der Waals surface area contributed by atoms with E-state index >= 15 is 0 Å². The molecule has 2 N–H and O–H groups in total. The molecule has 0 aliphatic heterocycles. The van der Waals surface area contributed by atoms with Crippen LogP contribution < -0.4 is 5.73 Å². The summed E-state index contributed by atoms with van der Waals surface area (Å²) in [6.07, 6.45) is 0. The maximum Gasteiger partial charge on any atom is 0.227 e. The van der Waals surface area contributed by atoms with Crippen molar-refractivity contribution in [3.8, 4) is 0 Å². The Morgan fingerprint density at radius 1 is 1.73 bits per heavy atom. The van der Waals surface area contributed by atoms with Crippen LogP contribution in [0.25, 0.3) is 0 Å². The van der Waals surface area contributed by atoms with Gasteiger partial charge in [-0.3, -0.25) is 4.79 Å². The van der Waals surface area contributed by atoms with Crippen molar-refractivity contribution in [3.05, 3.63) is 22.4 Å². The van der Waals surface area contributed by atoms with Crippen LogP contribution in [0.4, 0.5) is 0 Å². The number of thiophene rings is 1. The highest BCUT2D eigenvalue weighted by molar-refractivity contribution is 7.99. The van der Waals surface area contributed by atoms with E-state index in [1.54, 1.807) is 23.1 Å². The molecule has 0 atom stereocenters. The van der Waals surface area contributed by atoms with E-state index < -0.39 is 0 Å². The number of thioether (sulfide) groups is 1. The highest BCUT2D eigenvalue weighted by Crippen LogP contribution is 2.16. The zero-order valence-corrected chi connectivity index (χ0v) is 7.58. The molecule has 0 saturated heterocycles. The van der Waals surface area contributed by atoms with Gasteiger partial charge >= 0.3 is 0 Å². The minimum atomic E-state index is -0.244. The Morgan fingerprint density at radius 2 is 2.55 bits per heavy atom. The SMILES string of the molecule is NC(=O)CSCc1cccs1. The van der Waals surface area contributed by atoms with Gasteiger partial charge in [-0.25, -0.2) is 0 Å². The third kappa shape index (κ3) is 3.43. The second kappa shape index (κ2) is 4.41. The zero-order chi connectivity index (χ0) is 8.10. The van der Waals surface area contributed by atoms with Gasteiger partial charge in [-0.15, -0.1) is 23.1 Å². The number of amides is 1. The van der Waals surface area contributed by atoms with E-state index in [1.807, 2.05) is 11.4 Å². The highest BCUT2D eigenvalue weighted by Gasteiger charge is 1.96. The number of hydrogen-bond donors (Lipinski definition) is 1. The minimum Gasteiger partial charge on any atom is -0.369 e. The fourth-order valence-electron chi connectivity index (χ4n) is 0.647. The average molecular weight is 187 g/mol. The van der Waals surface area contributed by atoms with E-state index in [0.29, 0.717) is 5.75 Å². The Balaban J connectivity index is 2.19. The summed E-state index contributed by atoms with van der Waals surface area (Å²) >= 11 is 3.26. The maximum absolute atomic E-state index is 10.3. The number of carbonyl (C=O) groups is 1. The molecule has 2 nitrogen and oxygen atoms in total. The number of primary amides is 1. The summed E-state index contributed by atoms with van der Waals surface area (Å²) in [6, 6.07) is 4.06. The van der Waals surface area contributed by atoms with Gasteiger partial charge in [-0.1, -0.05) is 6.07 Å². The Labute approximate surface area is 73.8 Å². The summed E-state index contributed by atoms with van der Waals surface area (Å²) in [5.74, 6) is 1.06. The number of nitrogens with two attached hydrogens (primary N) is 1. The molecule has 4 heteroatoms. The average Bonchev–Trinajstić information content (AvgIpc) is 2.39. The van der Waals surface area contributed by atoms with Crippen molar-refractivity contribution in [1.29, 1.82) is 0 Å². The van der Waals surface area contributed by atoms with Gasteiger partial charge in [0.2, 0.25) is 5.91 Å². The Kier molecular flexibility index (Phi) is 3.45. The number of carbonyl (C=O) groups excluding carboxylic acids is 1. The predicted octanol–water partition coefficient (Wildman–Crippen LogP) is 1.47. The molecule has 1 aromatic rings. The first-order valence-corrected chi connectivity index (χ1v) is 5.21. The molecule has 0 spiro atoms. The lowest BCUT2D eigenvalue weighted by Gasteiger charge is -1.93. The molecular weight excluding hydrogens is 178 g/mol. The first-order valence-electron chi connectivity index (χ1n) is 3.17. The van der Waals surface area contributed by atoms with Crippen molar-refractivity contribution in [1.82, 2.24) is 0 Å². The molecule has 1 heterocycles. The molecule has 0 aromatic carbocycles. The molecule has 1 aromatic heterocycles. The molecule has 0 unspecified atom stereocenters. The second-order valence-corrected chi connectivity index (χ2v) is 4.06. The first-order chi connectivity index (χ1) is 5.29. The van der Waals surface area contributed by atoms with E-state index in [1.165, 1.54) is 4.88 Å². The normalized spacial score (nSPS) is 9.82. The quantitative estimate of drug-likeness (QED) is 0.775. The maximum atomic E-state index is 10.3. The molecule has 11 heavy (non-hydrogen) atoms. The lowest BCUT2D eigenvalue weighted by atomic mass is 10.5. The van der Waals surface area contributed by atoms with Crippen LogP contribution in [0.5, 0.6) is 0 Å². The van der Waals surface area contributed by atoms with Crippen LogP contribution in [-0.4, -0.2) is 11.7 Å². The van der Waals surface area contributed by atoms with Gasteiger partial charge in [-0.2, -0.15) is 0 Å². The molecule has 0 bridgehead atoms. The van der Waals surface area contributed by atoms with Crippen molar-refractivity contribution in [2.45, 2.75) is 5.75 Å². The second-order valence-electron chi connectivity index (χ2n) is 2.04. The van der Waals surface area contributed by atoms with Crippen molar-refractivity contribution in [2.24, 2.45) is 5.73 Å². The predicted molar refractivity (Wildman–Crippen MR) is 49.7 cm³/mol. The van der Waals surface area contributed by atoms with Gasteiger partial charge in [0, 0.05) is 10.6 Å². The molecule has 0 fully saturated rings. The van der Waals surface area contributed by atoms with Crippen molar-refractivity contribution in [2.75, 3.05) is 5.75 Å². The van der Waals surface area contributed by atoms with Crippen LogP contribution >= 0.6 is 23.1 Å². The zero-order valence-electron chi connectivity index (χ0n) is 5.95. The van der Waals surface area contributed by atoms with E-state index in [9.17, 15) is 4.79 Å². The third-order valence-corrected chi connectivity index (χ3v) is 3.13. The standard InChI is InChI=1S/C7H9NOS2/c8-7(9)5-10-4-6-2-1-3-11-6/h1-3H,4-5H2,(H2,8,9). The fraction of sp³-hybridized carbons (Fsp3) is 0.286. The molecule has 60 valence electrons. The van der Waals surface area contributed by atoms with E-state index in [-0.39, 0.29) is 5.91 Å². The lowest BCUT2D eigenvalue weighted by Crippen LogP contribution is -2.13. The van der Waals surface area contributed by atoms with Gasteiger partial charge in [0.15, 0.2) is 0 Å². The molecular formula is C7H9NOS2. The molecule has 0 aliphatic rings. The summed E-state index contributed by atoms with van der Waals surface area (Å²) in [6.45, 7) is 0. The Morgan fingerprint density at radius 3 is 3.09 bits per heavy atom. The Bertz CT molecular complexity index is 220. The molecule has 0 saturated carbocycles. The van der Waals surface area contributed by atoms with Crippen molar-refractivity contribution in [3.63, 3.8) is 0 Å². The van der Waals surface area contributed by atoms with Gasteiger partial charge in [0.1, 0.15) is 0 Å². The number of rotatable bonds is 4. The Hall–Kier alpha value is -0.480. The monoisotopic (exact) mass is 187 g/mol. The van der Waals surface area contributed by atoms with Crippen molar-refractivity contribution >= 4 is 29.0 Å². The summed E-state index contributed by atoms with van der Waals surface area (Å²) in [5, 5.41) is 2.03. The summed E-state index contributed by atoms with van der Waals surface area (Å²) < 4.78 is 0. The van der Waals surface area contributed by atoms with Crippen LogP contribution in [0.1, 0.15) is 4.88 Å². The molecule has 0 aliphatic carbocycles. The fourth-order valence-corrected chi connectivity index (χ4v) is 2.26. The molecule has 0 radical (unpaired) electrons. The largest absolute Gasteiger partial charge is 0.369 e. The van der Waals surface area contributed by atoms with Crippen LogP contribution in [-0.2, 0) is 10.5 Å². The van der Waals surface area contributed by atoms with Gasteiger partial charge in [-0.05, 0) is 11.4 Å². The summed E-state index contributed by atoms with van der Waals surface area (Å²) in [4.78, 5) is 11.6. The summed E-state index contributed by atoms with van der Waals surface area (Å²) in [5.41, 5.74) is 4.98. The molecule has 1 amide bonds. The van der Waals surface area contributed by atoms with Crippen LogP contribution in [0.15, 0.2) is 17.5 Å². The number of hydrogen-bond acceptors (Lipinski definition) is 3.